The van der Waals surface area contributed by atoms with Gasteiger partial charge in [-0.15, -0.1) is 0 Å². The molecule has 2 nitrogen and oxygen atoms in total. The quantitative estimate of drug-likeness (QED) is 0.476. The van der Waals surface area contributed by atoms with Gasteiger partial charge < -0.3 is 0 Å². The number of nitriles is 1. The average Bonchev–Trinajstić information content (AvgIpc) is 2.21. The van der Waals surface area contributed by atoms with Gasteiger partial charge in [-0.1, -0.05) is 38.3 Å². The van der Waals surface area contributed by atoms with Gasteiger partial charge in [0.25, 0.3) is 0 Å². The summed E-state index contributed by atoms with van der Waals surface area (Å²) >= 11 is 0. The van der Waals surface area contributed by atoms with Gasteiger partial charge in [-0.05, 0) is 19.8 Å². The molecule has 0 amide bonds. The predicted octanol–water partition coefficient (Wildman–Crippen LogP) is 3.01. The minimum Gasteiger partial charge on any atom is -0.299 e. The van der Waals surface area contributed by atoms with Gasteiger partial charge >= 0.3 is 0 Å². The van der Waals surface area contributed by atoms with Crippen molar-refractivity contribution in [3.8, 4) is 6.07 Å². The van der Waals surface area contributed by atoms with E-state index in [-0.39, 0.29) is 6.04 Å². The maximum absolute atomic E-state index is 8.50. The minimum absolute atomic E-state index is 0.0419. The third kappa shape index (κ3) is 9.28. The zero-order valence-electron chi connectivity index (χ0n) is 9.42. The molecule has 1 atom stereocenters. The van der Waals surface area contributed by atoms with Gasteiger partial charge in [-0.25, -0.2) is 0 Å². The standard InChI is InChI=1S/C12H22N2/c1-3-4-5-6-7-8-9-10-14-12(2)11-13/h8-9,12,14H,3-7,10H2,1-2H3/b9-8+. The largest absolute Gasteiger partial charge is 0.299 e. The van der Waals surface area contributed by atoms with E-state index in [1.807, 2.05) is 6.92 Å². The summed E-state index contributed by atoms with van der Waals surface area (Å²) in [7, 11) is 0. The highest BCUT2D eigenvalue weighted by atomic mass is 14.9. The highest BCUT2D eigenvalue weighted by Crippen LogP contribution is 2.02. The summed E-state index contributed by atoms with van der Waals surface area (Å²) in [4.78, 5) is 0. The fourth-order valence-corrected chi connectivity index (χ4v) is 1.18. The summed E-state index contributed by atoms with van der Waals surface area (Å²) < 4.78 is 0. The minimum atomic E-state index is -0.0419. The lowest BCUT2D eigenvalue weighted by molar-refractivity contribution is 0.670. The van der Waals surface area contributed by atoms with Crippen LogP contribution in [-0.2, 0) is 0 Å². The van der Waals surface area contributed by atoms with E-state index in [4.69, 9.17) is 5.26 Å². The Morgan fingerprint density at radius 3 is 2.71 bits per heavy atom. The zero-order valence-corrected chi connectivity index (χ0v) is 9.42. The van der Waals surface area contributed by atoms with E-state index in [1.54, 1.807) is 0 Å². The van der Waals surface area contributed by atoms with Gasteiger partial charge in [0.1, 0.15) is 0 Å². The molecule has 0 saturated heterocycles. The van der Waals surface area contributed by atoms with Crippen molar-refractivity contribution in [3.05, 3.63) is 12.2 Å². The predicted molar refractivity (Wildman–Crippen MR) is 61.0 cm³/mol. The summed E-state index contributed by atoms with van der Waals surface area (Å²) in [5.41, 5.74) is 0. The van der Waals surface area contributed by atoms with Gasteiger partial charge in [-0.3, -0.25) is 5.32 Å². The van der Waals surface area contributed by atoms with Crippen molar-refractivity contribution in [2.45, 2.75) is 52.0 Å². The van der Waals surface area contributed by atoms with Crippen LogP contribution in [0.4, 0.5) is 0 Å². The van der Waals surface area contributed by atoms with Crippen molar-refractivity contribution >= 4 is 0 Å². The second-order valence-electron chi connectivity index (χ2n) is 3.58. The first kappa shape index (κ1) is 13.2. The molecule has 0 saturated carbocycles. The highest BCUT2D eigenvalue weighted by molar-refractivity contribution is 4.90. The normalized spacial score (nSPS) is 12.9. The van der Waals surface area contributed by atoms with Crippen LogP contribution in [0.5, 0.6) is 0 Å². The number of nitrogens with zero attached hydrogens (tertiary/aromatic N) is 1. The lowest BCUT2D eigenvalue weighted by Crippen LogP contribution is -2.23. The van der Waals surface area contributed by atoms with Crippen molar-refractivity contribution < 1.29 is 0 Å². The SMILES string of the molecule is CCCCCC/C=C/CNC(C)C#N. The first-order valence-corrected chi connectivity index (χ1v) is 5.59. The van der Waals surface area contributed by atoms with E-state index in [1.165, 1.54) is 32.1 Å². The molecule has 0 aliphatic rings. The van der Waals surface area contributed by atoms with Crippen molar-refractivity contribution in [1.82, 2.24) is 5.32 Å². The summed E-state index contributed by atoms with van der Waals surface area (Å²) in [6.45, 7) is 4.90. The molecule has 1 unspecified atom stereocenters. The Morgan fingerprint density at radius 2 is 2.07 bits per heavy atom. The van der Waals surface area contributed by atoms with Gasteiger partial charge in [-0.2, -0.15) is 5.26 Å². The van der Waals surface area contributed by atoms with Gasteiger partial charge in [0.2, 0.25) is 0 Å². The van der Waals surface area contributed by atoms with E-state index >= 15 is 0 Å². The monoisotopic (exact) mass is 194 g/mol. The zero-order chi connectivity index (χ0) is 10.6. The molecule has 0 aromatic heterocycles. The molecule has 0 fully saturated rings. The number of rotatable bonds is 8. The van der Waals surface area contributed by atoms with Crippen LogP contribution < -0.4 is 5.32 Å². The van der Waals surface area contributed by atoms with Crippen LogP contribution in [0.15, 0.2) is 12.2 Å². The lowest BCUT2D eigenvalue weighted by Gasteiger charge is -2.00. The molecule has 0 radical (unpaired) electrons. The maximum atomic E-state index is 8.50. The Bertz CT molecular complexity index is 179. The third-order valence-electron chi connectivity index (χ3n) is 2.13. The van der Waals surface area contributed by atoms with Crippen molar-refractivity contribution in [2.75, 3.05) is 6.54 Å². The van der Waals surface area contributed by atoms with Crippen LogP contribution >= 0.6 is 0 Å². The molecule has 0 aromatic rings. The van der Waals surface area contributed by atoms with Crippen LogP contribution in [-0.4, -0.2) is 12.6 Å². The topological polar surface area (TPSA) is 35.8 Å². The van der Waals surface area contributed by atoms with Crippen LogP contribution in [0.3, 0.4) is 0 Å². The van der Waals surface area contributed by atoms with Crippen molar-refractivity contribution in [3.63, 3.8) is 0 Å². The van der Waals surface area contributed by atoms with Crippen LogP contribution in [0.25, 0.3) is 0 Å². The fraction of sp³-hybridized carbons (Fsp3) is 0.750. The molecule has 0 bridgehead atoms. The second kappa shape index (κ2) is 10.3. The fourth-order valence-electron chi connectivity index (χ4n) is 1.18. The number of hydrogen-bond acceptors (Lipinski definition) is 2. The Labute approximate surface area is 88.0 Å². The van der Waals surface area contributed by atoms with Crippen LogP contribution in [0.2, 0.25) is 0 Å². The summed E-state index contributed by atoms with van der Waals surface area (Å²) in [5, 5.41) is 11.6. The third-order valence-corrected chi connectivity index (χ3v) is 2.13. The molecular weight excluding hydrogens is 172 g/mol. The Morgan fingerprint density at radius 1 is 1.29 bits per heavy atom. The van der Waals surface area contributed by atoms with Crippen LogP contribution in [0, 0.1) is 11.3 Å². The van der Waals surface area contributed by atoms with E-state index in [2.05, 4.69) is 30.5 Å². The molecule has 0 rings (SSSR count). The number of unbranched alkanes of at least 4 members (excludes halogenated alkanes) is 4. The molecular formula is C12H22N2. The number of nitrogens with one attached hydrogen (secondary N) is 1. The Hall–Kier alpha value is -0.810. The number of hydrogen-bond donors (Lipinski definition) is 1. The molecule has 2 heteroatoms. The maximum Gasteiger partial charge on any atom is 0.0926 e. The lowest BCUT2D eigenvalue weighted by atomic mass is 10.1. The van der Waals surface area contributed by atoms with Gasteiger partial charge in [0.05, 0.1) is 12.1 Å². The van der Waals surface area contributed by atoms with E-state index in [0.717, 1.165) is 6.54 Å². The van der Waals surface area contributed by atoms with E-state index in [0.29, 0.717) is 0 Å². The van der Waals surface area contributed by atoms with Gasteiger partial charge in [0, 0.05) is 6.54 Å². The summed E-state index contributed by atoms with van der Waals surface area (Å²) in [6, 6.07) is 2.10. The molecule has 1 N–H and O–H groups in total. The highest BCUT2D eigenvalue weighted by Gasteiger charge is 1.92. The first-order valence-electron chi connectivity index (χ1n) is 5.59. The van der Waals surface area contributed by atoms with E-state index in [9.17, 15) is 0 Å². The molecule has 0 heterocycles. The summed E-state index contributed by atoms with van der Waals surface area (Å²) in [6.07, 6.45) is 10.7. The number of allylic oxidation sites excluding steroid dienone is 1. The first-order chi connectivity index (χ1) is 6.81. The molecule has 0 aliphatic heterocycles. The molecule has 0 aliphatic carbocycles. The van der Waals surface area contributed by atoms with Crippen molar-refractivity contribution in [1.29, 1.82) is 5.26 Å². The van der Waals surface area contributed by atoms with E-state index < -0.39 is 0 Å². The van der Waals surface area contributed by atoms with Gasteiger partial charge in [0.15, 0.2) is 0 Å². The molecule has 14 heavy (non-hydrogen) atoms. The second-order valence-corrected chi connectivity index (χ2v) is 3.58. The molecule has 0 spiro atoms. The Kier molecular flexibility index (Phi) is 9.68. The van der Waals surface area contributed by atoms with Crippen molar-refractivity contribution in [2.24, 2.45) is 0 Å². The summed E-state index contributed by atoms with van der Waals surface area (Å²) in [5.74, 6) is 0. The van der Waals surface area contributed by atoms with Crippen LogP contribution in [0.1, 0.15) is 46.0 Å². The molecule has 80 valence electrons. The molecule has 0 aromatic carbocycles. The smallest absolute Gasteiger partial charge is 0.0926 e. The average molecular weight is 194 g/mol. The Balaban J connectivity index is 3.16.